The highest BCUT2D eigenvalue weighted by atomic mass is 16.3. The van der Waals surface area contributed by atoms with Crippen LogP contribution in [0.25, 0.3) is 55.0 Å². The van der Waals surface area contributed by atoms with E-state index in [0.29, 0.717) is 0 Å². The molecule has 36 heavy (non-hydrogen) atoms. The van der Waals surface area contributed by atoms with Crippen LogP contribution in [0.15, 0.2) is 138 Å². The summed E-state index contributed by atoms with van der Waals surface area (Å²) in [5.74, 6) is 0. The minimum absolute atomic E-state index is 0.892. The molecule has 0 aliphatic heterocycles. The lowest BCUT2D eigenvalue weighted by Crippen LogP contribution is -1.90. The standard InChI is InChI=1S/C34H23NO/c1-2-11-29-24(7-1)8-6-13-30(29)26-10-5-9-25(21-26)23-15-17-27(18-16-23)35-28-19-20-32-31-12-3-4-14-33(31)36-34(32)22-28/h1-22,35H. The number of fused-ring (bicyclic) bond motifs is 4. The van der Waals surface area contributed by atoms with Crippen molar-refractivity contribution in [2.45, 2.75) is 0 Å². The molecule has 0 atom stereocenters. The highest BCUT2D eigenvalue weighted by Crippen LogP contribution is 2.33. The van der Waals surface area contributed by atoms with E-state index < -0.39 is 0 Å². The Kier molecular flexibility index (Phi) is 4.82. The highest BCUT2D eigenvalue weighted by molar-refractivity contribution is 6.05. The predicted octanol–water partition coefficient (Wildman–Crippen LogP) is 9.82. The molecule has 0 saturated carbocycles. The van der Waals surface area contributed by atoms with Crippen molar-refractivity contribution in [1.82, 2.24) is 0 Å². The fraction of sp³-hybridized carbons (Fsp3) is 0. The number of hydrogen-bond acceptors (Lipinski definition) is 2. The molecular weight excluding hydrogens is 438 g/mol. The maximum absolute atomic E-state index is 6.04. The molecule has 1 heterocycles. The van der Waals surface area contributed by atoms with Gasteiger partial charge in [-0.1, -0.05) is 91.0 Å². The maximum atomic E-state index is 6.04. The number of furan rings is 1. The van der Waals surface area contributed by atoms with Crippen molar-refractivity contribution in [2.75, 3.05) is 5.32 Å². The molecule has 0 aliphatic carbocycles. The Bertz CT molecular complexity index is 1860. The number of rotatable bonds is 4. The molecule has 0 unspecified atom stereocenters. The van der Waals surface area contributed by atoms with Gasteiger partial charge in [-0.3, -0.25) is 0 Å². The molecule has 0 spiro atoms. The van der Waals surface area contributed by atoms with Crippen molar-refractivity contribution in [3.8, 4) is 22.3 Å². The maximum Gasteiger partial charge on any atom is 0.137 e. The Morgan fingerprint density at radius 2 is 1.11 bits per heavy atom. The summed E-state index contributed by atoms with van der Waals surface area (Å²) in [5, 5.41) is 8.34. The second kappa shape index (κ2) is 8.44. The summed E-state index contributed by atoms with van der Waals surface area (Å²) in [7, 11) is 0. The van der Waals surface area contributed by atoms with E-state index in [2.05, 4.69) is 121 Å². The lowest BCUT2D eigenvalue weighted by atomic mass is 9.95. The smallest absolute Gasteiger partial charge is 0.137 e. The van der Waals surface area contributed by atoms with E-state index in [1.165, 1.54) is 33.0 Å². The fourth-order valence-electron chi connectivity index (χ4n) is 5.06. The minimum Gasteiger partial charge on any atom is -0.456 e. The summed E-state index contributed by atoms with van der Waals surface area (Å²) in [6.07, 6.45) is 0. The van der Waals surface area contributed by atoms with Crippen LogP contribution >= 0.6 is 0 Å². The average molecular weight is 462 g/mol. The quantitative estimate of drug-likeness (QED) is 0.282. The molecule has 0 radical (unpaired) electrons. The van der Waals surface area contributed by atoms with Crippen LogP contribution in [-0.4, -0.2) is 0 Å². The number of hydrogen-bond donors (Lipinski definition) is 1. The first-order valence-corrected chi connectivity index (χ1v) is 12.2. The summed E-state index contributed by atoms with van der Waals surface area (Å²) < 4.78 is 6.04. The van der Waals surface area contributed by atoms with Crippen molar-refractivity contribution in [3.63, 3.8) is 0 Å². The van der Waals surface area contributed by atoms with E-state index in [1.54, 1.807) is 0 Å². The molecule has 0 fully saturated rings. The Balaban J connectivity index is 1.17. The zero-order valence-corrected chi connectivity index (χ0v) is 19.6. The van der Waals surface area contributed by atoms with Gasteiger partial charge in [0.25, 0.3) is 0 Å². The predicted molar refractivity (Wildman–Crippen MR) is 152 cm³/mol. The summed E-state index contributed by atoms with van der Waals surface area (Å²) >= 11 is 0. The van der Waals surface area contributed by atoms with E-state index in [4.69, 9.17) is 4.42 Å². The Morgan fingerprint density at radius 1 is 0.417 bits per heavy atom. The third-order valence-electron chi connectivity index (χ3n) is 6.85. The Labute approximate surface area is 209 Å². The monoisotopic (exact) mass is 461 g/mol. The second-order valence-electron chi connectivity index (χ2n) is 9.12. The van der Waals surface area contributed by atoms with Crippen molar-refractivity contribution >= 4 is 44.1 Å². The zero-order valence-electron chi connectivity index (χ0n) is 19.6. The minimum atomic E-state index is 0.892. The van der Waals surface area contributed by atoms with Gasteiger partial charge in [0, 0.05) is 28.2 Å². The van der Waals surface area contributed by atoms with E-state index in [-0.39, 0.29) is 0 Å². The average Bonchev–Trinajstić information content (AvgIpc) is 3.31. The first-order chi connectivity index (χ1) is 17.8. The third kappa shape index (κ3) is 3.60. The fourth-order valence-corrected chi connectivity index (χ4v) is 5.06. The van der Waals surface area contributed by atoms with Gasteiger partial charge < -0.3 is 9.73 Å². The summed E-state index contributed by atoms with van der Waals surface area (Å²) in [6, 6.07) is 46.9. The molecule has 7 aromatic rings. The van der Waals surface area contributed by atoms with Crippen LogP contribution in [0.4, 0.5) is 11.4 Å². The molecule has 0 amide bonds. The summed E-state index contributed by atoms with van der Waals surface area (Å²) in [5.41, 5.74) is 8.74. The van der Waals surface area contributed by atoms with Gasteiger partial charge in [0.1, 0.15) is 11.2 Å². The molecule has 2 heteroatoms. The lowest BCUT2D eigenvalue weighted by Gasteiger charge is -2.10. The van der Waals surface area contributed by atoms with Crippen LogP contribution in [0, 0.1) is 0 Å². The first-order valence-electron chi connectivity index (χ1n) is 12.2. The van der Waals surface area contributed by atoms with E-state index >= 15 is 0 Å². The van der Waals surface area contributed by atoms with Crippen LogP contribution < -0.4 is 5.32 Å². The number of para-hydroxylation sites is 1. The van der Waals surface area contributed by atoms with Crippen LogP contribution in [0.3, 0.4) is 0 Å². The number of nitrogens with one attached hydrogen (secondary N) is 1. The van der Waals surface area contributed by atoms with Gasteiger partial charge in [-0.15, -0.1) is 0 Å². The van der Waals surface area contributed by atoms with Gasteiger partial charge in [0.2, 0.25) is 0 Å². The third-order valence-corrected chi connectivity index (χ3v) is 6.85. The molecule has 1 N–H and O–H groups in total. The van der Waals surface area contributed by atoms with Gasteiger partial charge in [0.15, 0.2) is 0 Å². The highest BCUT2D eigenvalue weighted by Gasteiger charge is 2.08. The molecule has 6 aromatic carbocycles. The number of anilines is 2. The summed E-state index contributed by atoms with van der Waals surface area (Å²) in [4.78, 5) is 0. The van der Waals surface area contributed by atoms with Gasteiger partial charge in [0.05, 0.1) is 0 Å². The van der Waals surface area contributed by atoms with E-state index in [9.17, 15) is 0 Å². The lowest BCUT2D eigenvalue weighted by molar-refractivity contribution is 0.669. The van der Waals surface area contributed by atoms with Crippen LogP contribution in [0.1, 0.15) is 0 Å². The van der Waals surface area contributed by atoms with Gasteiger partial charge >= 0.3 is 0 Å². The zero-order chi connectivity index (χ0) is 23.9. The van der Waals surface area contributed by atoms with Crippen molar-refractivity contribution < 1.29 is 4.42 Å². The van der Waals surface area contributed by atoms with Crippen molar-refractivity contribution in [2.24, 2.45) is 0 Å². The van der Waals surface area contributed by atoms with Crippen molar-refractivity contribution in [3.05, 3.63) is 133 Å². The van der Waals surface area contributed by atoms with Crippen LogP contribution in [0.2, 0.25) is 0 Å². The summed E-state index contributed by atoms with van der Waals surface area (Å²) in [6.45, 7) is 0. The van der Waals surface area contributed by atoms with E-state index in [1.807, 2.05) is 18.2 Å². The van der Waals surface area contributed by atoms with Crippen molar-refractivity contribution in [1.29, 1.82) is 0 Å². The molecule has 0 aliphatic rings. The Hall–Kier alpha value is -4.82. The Morgan fingerprint density at radius 3 is 2.03 bits per heavy atom. The first kappa shape index (κ1) is 20.5. The van der Waals surface area contributed by atoms with Crippen LogP contribution in [0.5, 0.6) is 0 Å². The second-order valence-corrected chi connectivity index (χ2v) is 9.12. The van der Waals surface area contributed by atoms with E-state index in [0.717, 1.165) is 33.3 Å². The molecule has 2 nitrogen and oxygen atoms in total. The SMILES string of the molecule is c1cc(-c2ccc(Nc3ccc4c(c3)oc3ccccc34)cc2)cc(-c2cccc3ccccc23)c1. The topological polar surface area (TPSA) is 25.2 Å². The molecule has 0 saturated heterocycles. The molecule has 170 valence electrons. The van der Waals surface area contributed by atoms with Gasteiger partial charge in [-0.25, -0.2) is 0 Å². The normalized spacial score (nSPS) is 11.3. The molecule has 1 aromatic heterocycles. The molecule has 7 rings (SSSR count). The van der Waals surface area contributed by atoms with Gasteiger partial charge in [-0.05, 0) is 69.4 Å². The molecule has 0 bridgehead atoms. The van der Waals surface area contributed by atoms with Crippen LogP contribution in [-0.2, 0) is 0 Å². The number of benzene rings is 6. The molecular formula is C34H23NO. The van der Waals surface area contributed by atoms with Gasteiger partial charge in [-0.2, -0.15) is 0 Å². The largest absolute Gasteiger partial charge is 0.456 e.